The molecule has 3 nitrogen and oxygen atoms in total. The highest BCUT2D eigenvalue weighted by atomic mass is 16.1. The largest absolute Gasteiger partial charge is 0.307 e. The maximum atomic E-state index is 9.06. The van der Waals surface area contributed by atoms with Gasteiger partial charge in [0.25, 0.3) is 0 Å². The van der Waals surface area contributed by atoms with E-state index in [0.717, 1.165) is 6.29 Å². The van der Waals surface area contributed by atoms with Crippen LogP contribution in [-0.4, -0.2) is 19.4 Å². The first-order valence-corrected chi connectivity index (χ1v) is 2.08. The fourth-order valence-electron chi connectivity index (χ4n) is 0. The Bertz CT molecular complexity index is 62.7. The Hall–Kier alpha value is -1.25. The molecular formula is C6H10O3. The predicted molar refractivity (Wildman–Crippen MR) is 35.1 cm³/mol. The van der Waals surface area contributed by atoms with E-state index in [1.54, 1.807) is 0 Å². The molecule has 0 unspecified atom stereocenters. The van der Waals surface area contributed by atoms with Gasteiger partial charge in [-0.3, -0.25) is 4.79 Å². The molecule has 0 spiro atoms. The highest BCUT2D eigenvalue weighted by molar-refractivity contribution is 5.63. The topological polar surface area (TPSA) is 51.2 Å². The Kier molecular flexibility index (Phi) is 127. The monoisotopic (exact) mass is 130 g/mol. The molecule has 0 saturated heterocycles. The summed E-state index contributed by atoms with van der Waals surface area (Å²) in [6, 6.07) is 0. The molecule has 0 fully saturated rings. The van der Waals surface area contributed by atoms with Gasteiger partial charge < -0.3 is 9.59 Å². The van der Waals surface area contributed by atoms with E-state index >= 15 is 0 Å². The molecule has 9 heavy (non-hydrogen) atoms. The first kappa shape index (κ1) is 15.7. The van der Waals surface area contributed by atoms with Crippen LogP contribution in [-0.2, 0) is 14.4 Å². The SMILES string of the molecule is C=CC=O.C=O.CC=O. The minimum absolute atomic E-state index is 0.639. The lowest BCUT2D eigenvalue weighted by Crippen LogP contribution is -1.44. The zero-order valence-electron chi connectivity index (χ0n) is 5.37. The molecule has 0 aromatic heterocycles. The minimum atomic E-state index is 0.639. The highest BCUT2D eigenvalue weighted by Crippen LogP contribution is 1.35. The molecule has 0 aliphatic heterocycles. The third-order valence-electron chi connectivity index (χ3n) is 0.0962. The standard InChI is InChI=1S/C3H4O.C2H4O.CH2O/c1-2-3-4;1-2-3;1-2/h2-3H,1H2;2H,1H3;1H2. The van der Waals surface area contributed by atoms with Crippen molar-refractivity contribution in [2.45, 2.75) is 6.92 Å². The number of hydrogen-bond donors (Lipinski definition) is 0. The summed E-state index contributed by atoms with van der Waals surface area (Å²) in [7, 11) is 0. The number of aldehydes is 2. The summed E-state index contributed by atoms with van der Waals surface area (Å²) in [5.74, 6) is 0. The minimum Gasteiger partial charge on any atom is -0.307 e. The molecule has 0 atom stereocenters. The summed E-state index contributed by atoms with van der Waals surface area (Å²) >= 11 is 0. The van der Waals surface area contributed by atoms with Gasteiger partial charge in [-0.05, 0) is 13.0 Å². The van der Waals surface area contributed by atoms with Gasteiger partial charge in [0.1, 0.15) is 19.4 Å². The maximum Gasteiger partial charge on any atom is 0.142 e. The quantitative estimate of drug-likeness (QED) is 0.381. The Balaban J connectivity index is -0.0000000646. The van der Waals surface area contributed by atoms with E-state index in [1.165, 1.54) is 13.0 Å². The third-order valence-corrected chi connectivity index (χ3v) is 0.0962. The van der Waals surface area contributed by atoms with Crippen LogP contribution in [0.1, 0.15) is 6.92 Å². The molecule has 0 aliphatic carbocycles. The van der Waals surface area contributed by atoms with Crippen molar-refractivity contribution in [2.75, 3.05) is 0 Å². The van der Waals surface area contributed by atoms with Gasteiger partial charge in [-0.1, -0.05) is 6.58 Å². The average Bonchev–Trinajstić information content (AvgIpc) is 1.94. The van der Waals surface area contributed by atoms with Crippen molar-refractivity contribution in [1.29, 1.82) is 0 Å². The summed E-state index contributed by atoms with van der Waals surface area (Å²) < 4.78 is 0. The number of hydrogen-bond acceptors (Lipinski definition) is 3. The smallest absolute Gasteiger partial charge is 0.142 e. The van der Waals surface area contributed by atoms with Gasteiger partial charge in [0.2, 0.25) is 0 Å². The number of carbonyl (C=O) groups excluding carboxylic acids is 3. The lowest BCUT2D eigenvalue weighted by Gasteiger charge is -1.37. The maximum absolute atomic E-state index is 9.06. The van der Waals surface area contributed by atoms with Crippen LogP contribution in [0.2, 0.25) is 0 Å². The summed E-state index contributed by atoms with van der Waals surface area (Å²) in [6.45, 7) is 6.56. The van der Waals surface area contributed by atoms with Gasteiger partial charge >= 0.3 is 0 Å². The molecule has 0 radical (unpaired) electrons. The van der Waals surface area contributed by atoms with Crippen LogP contribution in [0.4, 0.5) is 0 Å². The van der Waals surface area contributed by atoms with E-state index in [1.807, 2.05) is 6.79 Å². The predicted octanol–water partition coefficient (Wildman–Crippen LogP) is 0.392. The molecule has 0 rings (SSSR count). The number of rotatable bonds is 1. The normalized spacial score (nSPS) is 4.11. The molecule has 0 amide bonds. The molecule has 0 saturated carbocycles. The van der Waals surface area contributed by atoms with Crippen molar-refractivity contribution in [2.24, 2.45) is 0 Å². The van der Waals surface area contributed by atoms with Crippen LogP contribution >= 0.6 is 0 Å². The van der Waals surface area contributed by atoms with Crippen LogP contribution in [0.15, 0.2) is 12.7 Å². The second-order valence-corrected chi connectivity index (χ2v) is 0.607. The Morgan fingerprint density at radius 1 is 1.22 bits per heavy atom. The molecule has 0 heterocycles. The molecule has 0 aliphatic rings. The average molecular weight is 130 g/mol. The fraction of sp³-hybridized carbons (Fsp3) is 0.167. The van der Waals surface area contributed by atoms with Crippen molar-refractivity contribution >= 4 is 19.4 Å². The van der Waals surface area contributed by atoms with Gasteiger partial charge in [-0.15, -0.1) is 0 Å². The van der Waals surface area contributed by atoms with Crippen molar-refractivity contribution < 1.29 is 14.4 Å². The molecule has 0 aromatic rings. The zero-order chi connectivity index (χ0) is 8.12. The summed E-state index contributed by atoms with van der Waals surface area (Å²) in [4.78, 5) is 25.9. The Morgan fingerprint density at radius 2 is 1.33 bits per heavy atom. The third kappa shape index (κ3) is 2440. The zero-order valence-corrected chi connectivity index (χ0v) is 5.37. The number of allylic oxidation sites excluding steroid dienone is 1. The second-order valence-electron chi connectivity index (χ2n) is 0.607. The summed E-state index contributed by atoms with van der Waals surface area (Å²) in [6.07, 6.45) is 2.58. The van der Waals surface area contributed by atoms with Crippen LogP contribution < -0.4 is 0 Å². The molecule has 0 bridgehead atoms. The van der Waals surface area contributed by atoms with E-state index < -0.39 is 0 Å². The van der Waals surface area contributed by atoms with E-state index in [2.05, 4.69) is 6.58 Å². The van der Waals surface area contributed by atoms with Crippen LogP contribution in [0.3, 0.4) is 0 Å². The fourth-order valence-corrected chi connectivity index (χ4v) is 0. The number of carbonyl (C=O) groups is 3. The van der Waals surface area contributed by atoms with E-state index in [9.17, 15) is 0 Å². The van der Waals surface area contributed by atoms with Crippen LogP contribution in [0.5, 0.6) is 0 Å². The van der Waals surface area contributed by atoms with Crippen LogP contribution in [0, 0.1) is 0 Å². The van der Waals surface area contributed by atoms with Crippen molar-refractivity contribution in [3.63, 3.8) is 0 Å². The van der Waals surface area contributed by atoms with Crippen LogP contribution in [0.25, 0.3) is 0 Å². The lowest BCUT2D eigenvalue weighted by atomic mass is 10.8. The van der Waals surface area contributed by atoms with Gasteiger partial charge in [0.15, 0.2) is 0 Å². The van der Waals surface area contributed by atoms with Crippen molar-refractivity contribution in [3.05, 3.63) is 12.7 Å². The van der Waals surface area contributed by atoms with Gasteiger partial charge in [-0.2, -0.15) is 0 Å². The highest BCUT2D eigenvalue weighted by Gasteiger charge is 1.38. The molecule has 52 valence electrons. The second kappa shape index (κ2) is 72.9. The molecule has 0 aromatic carbocycles. The van der Waals surface area contributed by atoms with E-state index in [4.69, 9.17) is 14.4 Å². The molecular weight excluding hydrogens is 120 g/mol. The van der Waals surface area contributed by atoms with E-state index in [-0.39, 0.29) is 0 Å². The molecule has 3 heteroatoms. The Labute approximate surface area is 54.4 Å². The van der Waals surface area contributed by atoms with Gasteiger partial charge in [-0.25, -0.2) is 0 Å². The molecule has 0 N–H and O–H groups in total. The van der Waals surface area contributed by atoms with E-state index in [0.29, 0.717) is 6.29 Å². The van der Waals surface area contributed by atoms with Gasteiger partial charge in [0.05, 0.1) is 0 Å². The van der Waals surface area contributed by atoms with Crippen molar-refractivity contribution in [3.8, 4) is 0 Å². The summed E-state index contributed by atoms with van der Waals surface area (Å²) in [5.41, 5.74) is 0. The lowest BCUT2D eigenvalue weighted by molar-refractivity contribution is -0.106. The Morgan fingerprint density at radius 3 is 1.33 bits per heavy atom. The van der Waals surface area contributed by atoms with Gasteiger partial charge in [0, 0.05) is 0 Å². The summed E-state index contributed by atoms with van der Waals surface area (Å²) in [5, 5.41) is 0. The van der Waals surface area contributed by atoms with Crippen molar-refractivity contribution in [1.82, 2.24) is 0 Å². The first-order valence-electron chi connectivity index (χ1n) is 2.08. The first-order chi connectivity index (χ1) is 4.33.